The lowest BCUT2D eigenvalue weighted by molar-refractivity contribution is 0.0936. The minimum atomic E-state index is -0.237. The average molecular weight is 339 g/mol. The van der Waals surface area contributed by atoms with Gasteiger partial charge in [0.2, 0.25) is 0 Å². The van der Waals surface area contributed by atoms with Gasteiger partial charge in [0.05, 0.1) is 0 Å². The molecule has 130 valence electrons. The number of anilines is 1. The third-order valence-corrected chi connectivity index (χ3v) is 4.54. The second kappa shape index (κ2) is 6.60. The number of hydrogen-bond acceptors (Lipinski definition) is 5. The Morgan fingerprint density at radius 1 is 1.28 bits per heavy atom. The summed E-state index contributed by atoms with van der Waals surface area (Å²) in [5.41, 5.74) is 1.71. The van der Waals surface area contributed by atoms with Crippen LogP contribution in [-0.2, 0) is 0 Å². The van der Waals surface area contributed by atoms with Gasteiger partial charge in [0.1, 0.15) is 17.2 Å². The average Bonchev–Trinajstić information content (AvgIpc) is 3.30. The largest absolute Gasteiger partial charge is 0.451 e. The van der Waals surface area contributed by atoms with E-state index in [0.29, 0.717) is 17.6 Å². The minimum Gasteiger partial charge on any atom is -0.451 e. The number of piperidine rings is 1. The molecule has 3 aromatic rings. The van der Waals surface area contributed by atoms with Crippen molar-refractivity contribution in [2.45, 2.75) is 18.9 Å². The Balaban J connectivity index is 1.70. The second-order valence-electron chi connectivity index (χ2n) is 6.21. The molecule has 7 heteroatoms. The highest BCUT2D eigenvalue weighted by Crippen LogP contribution is 2.31. The number of H-pyrrole nitrogens is 1. The van der Waals surface area contributed by atoms with E-state index in [9.17, 15) is 4.79 Å². The highest BCUT2D eigenvalue weighted by molar-refractivity contribution is 5.95. The van der Waals surface area contributed by atoms with E-state index in [0.717, 1.165) is 48.3 Å². The molecule has 4 rings (SSSR count). The van der Waals surface area contributed by atoms with Gasteiger partial charge in [-0.25, -0.2) is 4.98 Å². The van der Waals surface area contributed by atoms with Gasteiger partial charge in [-0.1, -0.05) is 0 Å². The Labute approximate surface area is 145 Å². The molecule has 1 fully saturated rings. The van der Waals surface area contributed by atoms with Gasteiger partial charge in [0.15, 0.2) is 5.76 Å². The van der Waals surface area contributed by atoms with Crippen molar-refractivity contribution in [3.8, 4) is 11.3 Å². The summed E-state index contributed by atoms with van der Waals surface area (Å²) in [6.45, 7) is 2.03. The summed E-state index contributed by atoms with van der Waals surface area (Å²) < 4.78 is 5.75. The Morgan fingerprint density at radius 3 is 2.92 bits per heavy atom. The summed E-state index contributed by atoms with van der Waals surface area (Å²) in [6, 6.07) is 7.87. The van der Waals surface area contributed by atoms with Gasteiger partial charge in [-0.2, -0.15) is 0 Å². The molecule has 0 radical (unpaired) electrons. The first-order valence-corrected chi connectivity index (χ1v) is 8.52. The number of nitrogens with one attached hydrogen (secondary N) is 4. The van der Waals surface area contributed by atoms with E-state index in [1.54, 1.807) is 13.1 Å². The van der Waals surface area contributed by atoms with E-state index in [-0.39, 0.29) is 5.91 Å². The molecule has 1 aliphatic heterocycles. The fraction of sp³-hybridized carbons (Fsp3) is 0.333. The molecule has 1 amide bonds. The number of fused-ring (bicyclic) bond motifs is 1. The molecule has 0 aliphatic carbocycles. The molecule has 7 nitrogen and oxygen atoms in total. The number of hydrogen-bond donors (Lipinski definition) is 4. The lowest BCUT2D eigenvalue weighted by Crippen LogP contribution is -2.35. The number of furan rings is 1. The van der Waals surface area contributed by atoms with E-state index < -0.39 is 0 Å². The van der Waals surface area contributed by atoms with Crippen molar-refractivity contribution in [1.29, 1.82) is 0 Å². The molecule has 0 unspecified atom stereocenters. The third-order valence-electron chi connectivity index (χ3n) is 4.54. The summed E-state index contributed by atoms with van der Waals surface area (Å²) >= 11 is 0. The number of rotatable bonds is 4. The summed E-state index contributed by atoms with van der Waals surface area (Å²) in [6.07, 6.45) is 4.00. The van der Waals surface area contributed by atoms with Crippen LogP contribution in [0.2, 0.25) is 0 Å². The summed E-state index contributed by atoms with van der Waals surface area (Å²) in [5, 5.41) is 10.4. The number of carbonyl (C=O) groups excluding carboxylic acids is 1. The Kier molecular flexibility index (Phi) is 4.15. The summed E-state index contributed by atoms with van der Waals surface area (Å²) in [5.74, 6) is 1.53. The lowest BCUT2D eigenvalue weighted by Gasteiger charge is -2.24. The van der Waals surface area contributed by atoms with Crippen molar-refractivity contribution < 1.29 is 9.21 Å². The zero-order valence-corrected chi connectivity index (χ0v) is 14.1. The Hall–Kier alpha value is -2.80. The maximum atomic E-state index is 11.8. The van der Waals surface area contributed by atoms with Gasteiger partial charge < -0.3 is 25.4 Å². The molecule has 0 saturated carbocycles. The quantitative estimate of drug-likeness (QED) is 0.585. The van der Waals surface area contributed by atoms with Gasteiger partial charge in [-0.05, 0) is 50.2 Å². The summed E-state index contributed by atoms with van der Waals surface area (Å²) in [4.78, 5) is 19.6. The van der Waals surface area contributed by atoms with Crippen LogP contribution in [0, 0.1) is 0 Å². The number of pyridine rings is 1. The van der Waals surface area contributed by atoms with Crippen LogP contribution in [0.1, 0.15) is 23.4 Å². The van der Waals surface area contributed by atoms with Gasteiger partial charge >= 0.3 is 0 Å². The SMILES string of the molecule is CNC(=O)c1ccc(-c2cc(NC3CCNCC3)nc3[nH]ccc23)o1. The van der Waals surface area contributed by atoms with Gasteiger partial charge in [-0.3, -0.25) is 4.79 Å². The standard InChI is InChI=1S/C18H21N5O2/c1-19-18(24)15-3-2-14(25-15)13-10-16(22-11-4-7-20-8-5-11)23-17-12(13)6-9-21-17/h2-3,6,9-11,20H,4-5,7-8H2,1H3,(H,19,24)(H2,21,22,23). The van der Waals surface area contributed by atoms with Crippen molar-refractivity contribution in [3.63, 3.8) is 0 Å². The molecule has 0 bridgehead atoms. The smallest absolute Gasteiger partial charge is 0.286 e. The monoisotopic (exact) mass is 339 g/mol. The van der Waals surface area contributed by atoms with Crippen molar-refractivity contribution in [2.24, 2.45) is 0 Å². The first-order chi connectivity index (χ1) is 12.2. The second-order valence-corrected chi connectivity index (χ2v) is 6.21. The normalized spacial score (nSPS) is 15.4. The first kappa shape index (κ1) is 15.7. The van der Waals surface area contributed by atoms with E-state index in [2.05, 4.69) is 25.9 Å². The molecule has 25 heavy (non-hydrogen) atoms. The third kappa shape index (κ3) is 3.10. The predicted molar refractivity (Wildman–Crippen MR) is 96.7 cm³/mol. The van der Waals surface area contributed by atoms with Crippen LogP contribution in [0.5, 0.6) is 0 Å². The number of aromatic nitrogens is 2. The highest BCUT2D eigenvalue weighted by Gasteiger charge is 2.17. The molecular formula is C18H21N5O2. The number of carbonyl (C=O) groups is 1. The van der Waals surface area contributed by atoms with Crippen LogP contribution in [0.3, 0.4) is 0 Å². The first-order valence-electron chi connectivity index (χ1n) is 8.52. The lowest BCUT2D eigenvalue weighted by atomic mass is 10.1. The fourth-order valence-electron chi connectivity index (χ4n) is 3.22. The van der Waals surface area contributed by atoms with Crippen LogP contribution in [0.15, 0.2) is 34.9 Å². The number of aromatic amines is 1. The van der Waals surface area contributed by atoms with Crippen molar-refractivity contribution in [2.75, 3.05) is 25.5 Å². The van der Waals surface area contributed by atoms with Crippen molar-refractivity contribution in [3.05, 3.63) is 36.2 Å². The van der Waals surface area contributed by atoms with E-state index in [1.807, 2.05) is 24.4 Å². The molecule has 4 heterocycles. The molecule has 1 saturated heterocycles. The minimum absolute atomic E-state index is 0.237. The fourth-order valence-corrected chi connectivity index (χ4v) is 3.22. The molecule has 1 aliphatic rings. The maximum Gasteiger partial charge on any atom is 0.286 e. The Morgan fingerprint density at radius 2 is 2.12 bits per heavy atom. The molecule has 3 aromatic heterocycles. The van der Waals surface area contributed by atoms with E-state index >= 15 is 0 Å². The van der Waals surface area contributed by atoms with Gasteiger partial charge in [0, 0.05) is 30.2 Å². The van der Waals surface area contributed by atoms with Gasteiger partial charge in [-0.15, -0.1) is 0 Å². The molecular weight excluding hydrogens is 318 g/mol. The molecule has 4 N–H and O–H groups in total. The maximum absolute atomic E-state index is 11.8. The molecule has 0 atom stereocenters. The van der Waals surface area contributed by atoms with Crippen LogP contribution in [0.4, 0.5) is 5.82 Å². The van der Waals surface area contributed by atoms with Crippen LogP contribution >= 0.6 is 0 Å². The summed E-state index contributed by atoms with van der Waals surface area (Å²) in [7, 11) is 1.59. The zero-order chi connectivity index (χ0) is 17.2. The topological polar surface area (TPSA) is 95.0 Å². The number of amides is 1. The Bertz CT molecular complexity index is 892. The van der Waals surface area contributed by atoms with Gasteiger partial charge in [0.25, 0.3) is 5.91 Å². The number of nitrogens with zero attached hydrogens (tertiary/aromatic N) is 1. The van der Waals surface area contributed by atoms with E-state index in [4.69, 9.17) is 4.42 Å². The highest BCUT2D eigenvalue weighted by atomic mass is 16.3. The molecule has 0 aromatic carbocycles. The van der Waals surface area contributed by atoms with Crippen LogP contribution < -0.4 is 16.0 Å². The predicted octanol–water partition coefficient (Wildman–Crippen LogP) is 2.35. The van der Waals surface area contributed by atoms with Crippen molar-refractivity contribution >= 4 is 22.8 Å². The van der Waals surface area contributed by atoms with Crippen LogP contribution in [0.25, 0.3) is 22.4 Å². The van der Waals surface area contributed by atoms with E-state index in [1.165, 1.54) is 0 Å². The molecule has 0 spiro atoms. The zero-order valence-electron chi connectivity index (χ0n) is 14.1. The van der Waals surface area contributed by atoms with Crippen LogP contribution in [-0.4, -0.2) is 42.1 Å². The van der Waals surface area contributed by atoms with Crippen molar-refractivity contribution in [1.82, 2.24) is 20.6 Å².